The highest BCUT2D eigenvalue weighted by Gasteiger charge is 2.30. The Bertz CT molecular complexity index is 1350. The standard InChI is InChI=1S/C28H27ClFNO6/c1-16-8-6-7-9-21(16)25(32)22-12-11-20(15-23(22)29)31(24-13-10-19(30)14-17(24)2)27(34)37-18(3)36-26(33)28(4,5)35/h6-15,18,35H,1-5H3. The van der Waals surface area contributed by atoms with E-state index in [1.807, 2.05) is 19.1 Å². The first kappa shape index (κ1) is 27.8. The van der Waals surface area contributed by atoms with Gasteiger partial charge in [0.15, 0.2) is 11.4 Å². The zero-order valence-electron chi connectivity index (χ0n) is 21.0. The van der Waals surface area contributed by atoms with Crippen LogP contribution in [0.1, 0.15) is 47.8 Å². The Labute approximate surface area is 219 Å². The predicted molar refractivity (Wildman–Crippen MR) is 138 cm³/mol. The van der Waals surface area contributed by atoms with Crippen LogP contribution in [0.25, 0.3) is 0 Å². The average molecular weight is 528 g/mol. The highest BCUT2D eigenvalue weighted by Crippen LogP contribution is 2.34. The largest absolute Gasteiger partial charge is 0.423 e. The Morgan fingerprint density at radius 1 is 0.946 bits per heavy atom. The summed E-state index contributed by atoms with van der Waals surface area (Å²) in [7, 11) is 0. The summed E-state index contributed by atoms with van der Waals surface area (Å²) in [6.07, 6.45) is -2.31. The van der Waals surface area contributed by atoms with Crippen molar-refractivity contribution in [3.8, 4) is 0 Å². The third-order valence-corrected chi connectivity index (χ3v) is 5.78. The summed E-state index contributed by atoms with van der Waals surface area (Å²) in [6, 6.07) is 15.3. The smallest absolute Gasteiger partial charge is 0.422 e. The zero-order chi connectivity index (χ0) is 27.5. The molecule has 0 aliphatic heterocycles. The maximum absolute atomic E-state index is 13.8. The van der Waals surface area contributed by atoms with Crippen molar-refractivity contribution in [3.63, 3.8) is 0 Å². The summed E-state index contributed by atoms with van der Waals surface area (Å²) in [5.74, 6) is -1.77. The summed E-state index contributed by atoms with van der Waals surface area (Å²) in [5.41, 5.74) is 0.639. The molecular weight excluding hydrogens is 501 g/mol. The highest BCUT2D eigenvalue weighted by molar-refractivity contribution is 6.35. The van der Waals surface area contributed by atoms with E-state index >= 15 is 0 Å². The molecular formula is C28H27ClFNO6. The van der Waals surface area contributed by atoms with Crippen molar-refractivity contribution in [1.29, 1.82) is 0 Å². The molecule has 3 rings (SSSR count). The quantitative estimate of drug-likeness (QED) is 0.221. The van der Waals surface area contributed by atoms with Crippen LogP contribution in [-0.4, -0.2) is 34.8 Å². The van der Waals surface area contributed by atoms with Gasteiger partial charge in [0.2, 0.25) is 6.29 Å². The first-order chi connectivity index (χ1) is 17.3. The molecule has 0 saturated heterocycles. The van der Waals surface area contributed by atoms with Gasteiger partial charge >= 0.3 is 12.1 Å². The van der Waals surface area contributed by atoms with E-state index in [0.29, 0.717) is 11.1 Å². The van der Waals surface area contributed by atoms with E-state index in [-0.39, 0.29) is 27.7 Å². The van der Waals surface area contributed by atoms with E-state index in [2.05, 4.69) is 0 Å². The fourth-order valence-corrected chi connectivity index (χ4v) is 3.79. The number of halogens is 2. The normalized spacial score (nSPS) is 12.0. The molecule has 0 fully saturated rings. The maximum Gasteiger partial charge on any atom is 0.422 e. The maximum atomic E-state index is 13.8. The van der Waals surface area contributed by atoms with Crippen LogP contribution < -0.4 is 4.90 Å². The molecule has 3 aromatic carbocycles. The number of hydrogen-bond acceptors (Lipinski definition) is 6. The Kier molecular flexibility index (Phi) is 8.35. The Morgan fingerprint density at radius 2 is 1.62 bits per heavy atom. The molecule has 0 radical (unpaired) electrons. The van der Waals surface area contributed by atoms with Gasteiger partial charge in [-0.1, -0.05) is 35.9 Å². The minimum atomic E-state index is -1.79. The Balaban J connectivity index is 1.99. The van der Waals surface area contributed by atoms with E-state index < -0.39 is 29.8 Å². The summed E-state index contributed by atoms with van der Waals surface area (Å²) in [4.78, 5) is 39.5. The van der Waals surface area contributed by atoms with Gasteiger partial charge in [0.05, 0.1) is 16.4 Å². The number of carbonyl (C=O) groups excluding carboxylic acids is 3. The van der Waals surface area contributed by atoms with E-state index in [1.54, 1.807) is 19.1 Å². The number of carbonyl (C=O) groups is 3. The molecule has 37 heavy (non-hydrogen) atoms. The van der Waals surface area contributed by atoms with Crippen molar-refractivity contribution in [3.05, 3.63) is 93.8 Å². The molecule has 0 aliphatic rings. The summed E-state index contributed by atoms with van der Waals surface area (Å²) >= 11 is 6.50. The molecule has 7 nitrogen and oxygen atoms in total. The molecule has 0 bridgehead atoms. The number of nitrogens with zero attached hydrogens (tertiary/aromatic N) is 1. The van der Waals surface area contributed by atoms with Gasteiger partial charge in [-0.25, -0.2) is 18.9 Å². The molecule has 0 aromatic heterocycles. The number of ether oxygens (including phenoxy) is 2. The van der Waals surface area contributed by atoms with Gasteiger partial charge in [-0.15, -0.1) is 0 Å². The number of ketones is 1. The number of aryl methyl sites for hydroxylation is 2. The lowest BCUT2D eigenvalue weighted by molar-refractivity contribution is -0.182. The van der Waals surface area contributed by atoms with E-state index in [9.17, 15) is 23.9 Å². The molecule has 9 heteroatoms. The molecule has 0 spiro atoms. The second kappa shape index (κ2) is 11.1. The highest BCUT2D eigenvalue weighted by atomic mass is 35.5. The summed E-state index contributed by atoms with van der Waals surface area (Å²) < 4.78 is 24.1. The number of esters is 1. The van der Waals surface area contributed by atoms with Crippen LogP contribution in [0.2, 0.25) is 5.02 Å². The van der Waals surface area contributed by atoms with Crippen LogP contribution in [0.15, 0.2) is 60.7 Å². The van der Waals surface area contributed by atoms with Crippen molar-refractivity contribution in [2.45, 2.75) is 46.5 Å². The third-order valence-electron chi connectivity index (χ3n) is 5.47. The van der Waals surface area contributed by atoms with Crippen LogP contribution in [0.5, 0.6) is 0 Å². The lowest BCUT2D eigenvalue weighted by atomic mass is 9.99. The fraction of sp³-hybridized carbons (Fsp3) is 0.250. The average Bonchev–Trinajstić information content (AvgIpc) is 2.80. The minimum Gasteiger partial charge on any atom is -0.423 e. The van der Waals surface area contributed by atoms with Gasteiger partial charge in [0.25, 0.3) is 0 Å². The minimum absolute atomic E-state index is 0.0878. The number of benzene rings is 3. The van der Waals surface area contributed by atoms with Gasteiger partial charge in [-0.3, -0.25) is 4.79 Å². The van der Waals surface area contributed by atoms with Gasteiger partial charge in [0, 0.05) is 18.1 Å². The second-order valence-corrected chi connectivity index (χ2v) is 9.40. The van der Waals surface area contributed by atoms with Crippen LogP contribution >= 0.6 is 11.6 Å². The predicted octanol–water partition coefficient (Wildman–Crippen LogP) is 6.26. The van der Waals surface area contributed by atoms with Gasteiger partial charge in [-0.05, 0) is 75.2 Å². The molecule has 0 saturated carbocycles. The van der Waals surface area contributed by atoms with Gasteiger partial charge in [0.1, 0.15) is 5.82 Å². The summed E-state index contributed by atoms with van der Waals surface area (Å²) in [6.45, 7) is 7.21. The van der Waals surface area contributed by atoms with Crippen LogP contribution in [0, 0.1) is 19.7 Å². The molecule has 3 aromatic rings. The number of anilines is 2. The fourth-order valence-electron chi connectivity index (χ4n) is 3.53. The van der Waals surface area contributed by atoms with E-state index in [1.165, 1.54) is 57.2 Å². The van der Waals surface area contributed by atoms with Crippen LogP contribution in [0.4, 0.5) is 20.6 Å². The zero-order valence-corrected chi connectivity index (χ0v) is 21.8. The molecule has 0 aliphatic carbocycles. The lowest BCUT2D eigenvalue weighted by Gasteiger charge is -2.27. The van der Waals surface area contributed by atoms with Crippen molar-refractivity contribution < 1.29 is 33.4 Å². The van der Waals surface area contributed by atoms with Crippen molar-refractivity contribution in [1.82, 2.24) is 0 Å². The monoisotopic (exact) mass is 527 g/mol. The van der Waals surface area contributed by atoms with Crippen LogP contribution in [-0.2, 0) is 14.3 Å². The van der Waals surface area contributed by atoms with Crippen molar-refractivity contribution >= 4 is 40.8 Å². The van der Waals surface area contributed by atoms with Crippen molar-refractivity contribution in [2.24, 2.45) is 0 Å². The van der Waals surface area contributed by atoms with Crippen LogP contribution in [0.3, 0.4) is 0 Å². The van der Waals surface area contributed by atoms with Crippen molar-refractivity contribution in [2.75, 3.05) is 4.90 Å². The molecule has 1 amide bonds. The molecule has 1 unspecified atom stereocenters. The molecule has 0 heterocycles. The molecule has 1 atom stereocenters. The number of amides is 1. The SMILES string of the molecule is Cc1ccccc1C(=O)c1ccc(N(C(=O)OC(C)OC(=O)C(C)(C)O)c2ccc(F)cc2C)cc1Cl. The first-order valence-corrected chi connectivity index (χ1v) is 11.8. The van der Waals surface area contributed by atoms with Gasteiger partial charge in [-0.2, -0.15) is 0 Å². The Hall–Kier alpha value is -3.75. The molecule has 194 valence electrons. The topological polar surface area (TPSA) is 93.1 Å². The second-order valence-electron chi connectivity index (χ2n) is 8.99. The van der Waals surface area contributed by atoms with E-state index in [0.717, 1.165) is 10.5 Å². The number of aliphatic hydroxyl groups is 1. The third kappa shape index (κ3) is 6.53. The lowest BCUT2D eigenvalue weighted by Crippen LogP contribution is -2.38. The first-order valence-electron chi connectivity index (χ1n) is 11.4. The number of rotatable bonds is 7. The van der Waals surface area contributed by atoms with E-state index in [4.69, 9.17) is 21.1 Å². The Morgan fingerprint density at radius 3 is 2.22 bits per heavy atom. The van der Waals surface area contributed by atoms with Gasteiger partial charge < -0.3 is 14.6 Å². The summed E-state index contributed by atoms with van der Waals surface area (Å²) in [5, 5.41) is 9.88. The number of hydrogen-bond donors (Lipinski definition) is 1. The molecule has 1 N–H and O–H groups in total.